The van der Waals surface area contributed by atoms with Crippen molar-refractivity contribution < 1.29 is 14.3 Å². The van der Waals surface area contributed by atoms with Crippen LogP contribution in [0, 0.1) is 0 Å². The molecular weight excluding hydrogens is 310 g/mol. The van der Waals surface area contributed by atoms with Crippen molar-refractivity contribution >= 4 is 17.3 Å². The summed E-state index contributed by atoms with van der Waals surface area (Å²) in [5.41, 5.74) is 1.13. The summed E-state index contributed by atoms with van der Waals surface area (Å²) < 4.78 is 7.33. The van der Waals surface area contributed by atoms with Crippen LogP contribution in [-0.4, -0.2) is 51.2 Å². The van der Waals surface area contributed by atoms with Gasteiger partial charge < -0.3 is 15.4 Å². The molecule has 0 saturated carbocycles. The third-order valence-electron chi connectivity index (χ3n) is 4.69. The molecule has 2 aliphatic rings. The van der Waals surface area contributed by atoms with Crippen LogP contribution in [-0.2, 0) is 9.53 Å². The first-order valence-corrected chi connectivity index (χ1v) is 8.21. The third kappa shape index (κ3) is 2.73. The summed E-state index contributed by atoms with van der Waals surface area (Å²) >= 11 is 0. The highest BCUT2D eigenvalue weighted by molar-refractivity contribution is 6.00. The standard InChI is InChI=1S/C16H19N5O3/c22-14-4-3-11(15(20-14)13-2-1-7-24-13)19-16(23)10-8-18-21-6-5-17-9-12(10)21/h5-6,8-9,11,13,15H,1-4,7H2,(H,19,23)(H,20,22)/t11-,13?,15-/m0/s1. The molecule has 126 valence electrons. The van der Waals surface area contributed by atoms with Gasteiger partial charge in [0.25, 0.3) is 5.91 Å². The molecule has 2 N–H and O–H groups in total. The maximum Gasteiger partial charge on any atom is 0.255 e. The maximum atomic E-state index is 12.7. The number of amides is 2. The number of hydrogen-bond acceptors (Lipinski definition) is 5. The molecular formula is C16H19N5O3. The molecule has 0 spiro atoms. The Morgan fingerprint density at radius 2 is 2.29 bits per heavy atom. The Kier molecular flexibility index (Phi) is 3.89. The van der Waals surface area contributed by atoms with E-state index in [1.165, 1.54) is 6.20 Å². The fraction of sp³-hybridized carbons (Fsp3) is 0.500. The lowest BCUT2D eigenvalue weighted by molar-refractivity contribution is -0.125. The van der Waals surface area contributed by atoms with E-state index in [1.807, 2.05) is 0 Å². The van der Waals surface area contributed by atoms with Crippen molar-refractivity contribution in [3.05, 3.63) is 30.4 Å². The predicted octanol–water partition coefficient (Wildman–Crippen LogP) is 0.285. The van der Waals surface area contributed by atoms with Crippen molar-refractivity contribution in [1.29, 1.82) is 0 Å². The zero-order valence-corrected chi connectivity index (χ0v) is 13.1. The summed E-state index contributed by atoms with van der Waals surface area (Å²) in [7, 11) is 0. The van der Waals surface area contributed by atoms with Gasteiger partial charge in [0, 0.05) is 25.4 Å². The number of carbonyl (C=O) groups is 2. The molecule has 8 nitrogen and oxygen atoms in total. The van der Waals surface area contributed by atoms with Gasteiger partial charge in [0.15, 0.2) is 0 Å². The summed E-state index contributed by atoms with van der Waals surface area (Å²) in [4.78, 5) is 28.5. The lowest BCUT2D eigenvalue weighted by Crippen LogP contribution is -2.60. The highest BCUT2D eigenvalue weighted by atomic mass is 16.5. The first-order chi connectivity index (χ1) is 11.7. The van der Waals surface area contributed by atoms with E-state index in [2.05, 4.69) is 20.7 Å². The lowest BCUT2D eigenvalue weighted by atomic mass is 9.92. The second-order valence-corrected chi connectivity index (χ2v) is 6.23. The van der Waals surface area contributed by atoms with Gasteiger partial charge in [-0.2, -0.15) is 5.10 Å². The largest absolute Gasteiger partial charge is 0.376 e. The van der Waals surface area contributed by atoms with E-state index in [1.54, 1.807) is 23.1 Å². The summed E-state index contributed by atoms with van der Waals surface area (Å²) in [6, 6.07) is -0.331. The Morgan fingerprint density at radius 3 is 3.12 bits per heavy atom. The quantitative estimate of drug-likeness (QED) is 0.843. The van der Waals surface area contributed by atoms with Crippen LogP contribution in [0.2, 0.25) is 0 Å². The van der Waals surface area contributed by atoms with Crippen LogP contribution in [0.15, 0.2) is 24.8 Å². The summed E-state index contributed by atoms with van der Waals surface area (Å²) in [6.07, 6.45) is 9.33. The van der Waals surface area contributed by atoms with Gasteiger partial charge in [0.05, 0.1) is 41.7 Å². The van der Waals surface area contributed by atoms with Crippen LogP contribution in [0.1, 0.15) is 36.0 Å². The molecule has 2 aliphatic heterocycles. The number of hydrogen-bond donors (Lipinski definition) is 2. The number of ether oxygens (including phenoxy) is 1. The summed E-state index contributed by atoms with van der Waals surface area (Å²) in [6.45, 7) is 0.706. The molecule has 2 aromatic rings. The van der Waals surface area contributed by atoms with Crippen molar-refractivity contribution in [2.45, 2.75) is 43.9 Å². The number of nitrogens with one attached hydrogen (secondary N) is 2. The highest BCUT2D eigenvalue weighted by Crippen LogP contribution is 2.23. The molecule has 0 radical (unpaired) electrons. The lowest BCUT2D eigenvalue weighted by Gasteiger charge is -2.36. The maximum absolute atomic E-state index is 12.7. The molecule has 4 rings (SSSR count). The van der Waals surface area contributed by atoms with Crippen molar-refractivity contribution in [2.75, 3.05) is 6.61 Å². The minimum atomic E-state index is -0.206. The number of fused-ring (bicyclic) bond motifs is 1. The molecule has 0 aliphatic carbocycles. The predicted molar refractivity (Wildman–Crippen MR) is 84.4 cm³/mol. The first-order valence-electron chi connectivity index (χ1n) is 8.21. The highest BCUT2D eigenvalue weighted by Gasteiger charge is 2.37. The molecule has 1 unspecified atom stereocenters. The minimum Gasteiger partial charge on any atom is -0.376 e. The number of carbonyl (C=O) groups excluding carboxylic acids is 2. The Labute approximate surface area is 138 Å². The van der Waals surface area contributed by atoms with Crippen LogP contribution >= 0.6 is 0 Å². The molecule has 0 bridgehead atoms. The first kappa shape index (κ1) is 15.1. The van der Waals surface area contributed by atoms with Gasteiger partial charge >= 0.3 is 0 Å². The normalized spacial score (nSPS) is 27.2. The fourth-order valence-corrected chi connectivity index (χ4v) is 3.48. The summed E-state index contributed by atoms with van der Waals surface area (Å²) in [5.74, 6) is -0.191. The summed E-state index contributed by atoms with van der Waals surface area (Å²) in [5, 5.41) is 10.2. The smallest absolute Gasteiger partial charge is 0.255 e. The molecule has 2 amide bonds. The van der Waals surface area contributed by atoms with Crippen LogP contribution in [0.4, 0.5) is 0 Å². The van der Waals surface area contributed by atoms with E-state index in [9.17, 15) is 9.59 Å². The van der Waals surface area contributed by atoms with Crippen LogP contribution in [0.5, 0.6) is 0 Å². The number of aromatic nitrogens is 3. The van der Waals surface area contributed by atoms with Crippen LogP contribution in [0.25, 0.3) is 5.52 Å². The molecule has 8 heteroatoms. The second-order valence-electron chi connectivity index (χ2n) is 6.23. The fourth-order valence-electron chi connectivity index (χ4n) is 3.48. The van der Waals surface area contributed by atoms with Gasteiger partial charge in [-0.25, -0.2) is 4.52 Å². The molecule has 2 fully saturated rings. The van der Waals surface area contributed by atoms with Gasteiger partial charge in [-0.15, -0.1) is 0 Å². The Hall–Kier alpha value is -2.48. The molecule has 0 aromatic carbocycles. The van der Waals surface area contributed by atoms with E-state index in [0.29, 0.717) is 30.5 Å². The van der Waals surface area contributed by atoms with E-state index in [4.69, 9.17) is 4.74 Å². The SMILES string of the molecule is O=C1CC[C@H](NC(=O)c2cnn3ccncc23)[C@@H](C2CCCO2)N1. The molecule has 4 heterocycles. The monoisotopic (exact) mass is 329 g/mol. The van der Waals surface area contributed by atoms with Gasteiger partial charge in [-0.05, 0) is 19.3 Å². The Bertz CT molecular complexity index is 768. The average Bonchev–Trinajstić information content (AvgIpc) is 3.25. The molecule has 2 aromatic heterocycles. The molecule has 3 atom stereocenters. The zero-order chi connectivity index (χ0) is 16.5. The van der Waals surface area contributed by atoms with Gasteiger partial charge in [-0.1, -0.05) is 0 Å². The average molecular weight is 329 g/mol. The Morgan fingerprint density at radius 1 is 1.38 bits per heavy atom. The van der Waals surface area contributed by atoms with Gasteiger partial charge in [0.2, 0.25) is 5.91 Å². The molecule has 24 heavy (non-hydrogen) atoms. The van der Waals surface area contributed by atoms with Crippen molar-refractivity contribution in [3.8, 4) is 0 Å². The van der Waals surface area contributed by atoms with E-state index in [0.717, 1.165) is 12.8 Å². The van der Waals surface area contributed by atoms with Crippen molar-refractivity contribution in [1.82, 2.24) is 25.2 Å². The third-order valence-corrected chi connectivity index (χ3v) is 4.69. The molecule has 2 saturated heterocycles. The zero-order valence-electron chi connectivity index (χ0n) is 13.1. The number of rotatable bonds is 3. The van der Waals surface area contributed by atoms with Gasteiger partial charge in [0.1, 0.15) is 0 Å². The van der Waals surface area contributed by atoms with Gasteiger partial charge in [-0.3, -0.25) is 14.6 Å². The van der Waals surface area contributed by atoms with Crippen LogP contribution < -0.4 is 10.6 Å². The topological polar surface area (TPSA) is 97.6 Å². The van der Waals surface area contributed by atoms with Crippen molar-refractivity contribution in [3.63, 3.8) is 0 Å². The second kappa shape index (κ2) is 6.20. The Balaban J connectivity index is 1.53. The van der Waals surface area contributed by atoms with E-state index in [-0.39, 0.29) is 30.0 Å². The number of nitrogens with zero attached hydrogens (tertiary/aromatic N) is 3. The van der Waals surface area contributed by atoms with E-state index < -0.39 is 0 Å². The number of piperidine rings is 1. The van der Waals surface area contributed by atoms with Crippen molar-refractivity contribution in [2.24, 2.45) is 0 Å². The van der Waals surface area contributed by atoms with Crippen LogP contribution in [0.3, 0.4) is 0 Å². The van der Waals surface area contributed by atoms with E-state index >= 15 is 0 Å². The minimum absolute atomic E-state index is 0.0150.